The zero-order chi connectivity index (χ0) is 17.5. The van der Waals surface area contributed by atoms with Gasteiger partial charge in [-0.05, 0) is 57.4 Å². The third kappa shape index (κ3) is 7.00. The van der Waals surface area contributed by atoms with E-state index in [1.54, 1.807) is 12.1 Å². The number of esters is 1. The zero-order valence-corrected chi connectivity index (χ0v) is 14.4. The molecule has 0 aliphatic heterocycles. The first-order chi connectivity index (χ1) is 10.7. The second-order valence-electron chi connectivity index (χ2n) is 6.18. The molecule has 0 spiro atoms. The monoisotopic (exact) mass is 319 g/mol. The lowest BCUT2D eigenvalue weighted by Gasteiger charge is -2.19. The fourth-order valence-electron chi connectivity index (χ4n) is 1.89. The molecule has 1 rings (SSSR count). The Labute approximate surface area is 137 Å². The second kappa shape index (κ2) is 8.36. The summed E-state index contributed by atoms with van der Waals surface area (Å²) in [4.78, 5) is 22.9. The van der Waals surface area contributed by atoms with Gasteiger partial charge in [-0.3, -0.25) is 0 Å². The quantitative estimate of drug-likeness (QED) is 0.664. The molecule has 5 heteroatoms. The molecule has 0 unspecified atom stereocenters. The van der Waals surface area contributed by atoms with E-state index in [9.17, 15) is 9.59 Å². The minimum absolute atomic E-state index is 0.342. The maximum absolute atomic E-state index is 11.5. The Balaban J connectivity index is 2.47. The van der Waals surface area contributed by atoms with Crippen LogP contribution < -0.4 is 5.32 Å². The van der Waals surface area contributed by atoms with Crippen molar-refractivity contribution in [2.75, 3.05) is 13.7 Å². The van der Waals surface area contributed by atoms with Gasteiger partial charge in [-0.15, -0.1) is 0 Å². The van der Waals surface area contributed by atoms with Crippen LogP contribution in [0.4, 0.5) is 4.79 Å². The van der Waals surface area contributed by atoms with Crippen LogP contribution in [-0.4, -0.2) is 31.3 Å². The van der Waals surface area contributed by atoms with Crippen LogP contribution in [-0.2, 0) is 9.47 Å². The number of rotatable bonds is 5. The Kier molecular flexibility index (Phi) is 6.82. The van der Waals surface area contributed by atoms with Crippen LogP contribution in [0, 0.1) is 6.92 Å². The van der Waals surface area contributed by atoms with Crippen molar-refractivity contribution in [3.63, 3.8) is 0 Å². The fourth-order valence-corrected chi connectivity index (χ4v) is 1.89. The summed E-state index contributed by atoms with van der Waals surface area (Å²) < 4.78 is 9.84. The normalized spacial score (nSPS) is 11.3. The summed E-state index contributed by atoms with van der Waals surface area (Å²) in [6, 6.07) is 5.40. The van der Waals surface area contributed by atoms with Crippen molar-refractivity contribution in [3.8, 4) is 0 Å². The van der Waals surface area contributed by atoms with Crippen molar-refractivity contribution in [2.45, 2.75) is 39.7 Å². The minimum Gasteiger partial charge on any atom is -0.465 e. The van der Waals surface area contributed by atoms with Gasteiger partial charge in [0.1, 0.15) is 5.60 Å². The van der Waals surface area contributed by atoms with Crippen molar-refractivity contribution in [3.05, 3.63) is 41.0 Å². The predicted octanol–water partition coefficient (Wildman–Crippen LogP) is 3.71. The molecule has 0 heterocycles. The molecule has 5 nitrogen and oxygen atoms in total. The van der Waals surface area contributed by atoms with E-state index in [1.807, 2.05) is 45.9 Å². The summed E-state index contributed by atoms with van der Waals surface area (Å²) in [6.07, 6.45) is 4.21. The Hall–Kier alpha value is -2.30. The van der Waals surface area contributed by atoms with Gasteiger partial charge in [-0.2, -0.15) is 0 Å². The summed E-state index contributed by atoms with van der Waals surface area (Å²) in [6.45, 7) is 7.92. The Bertz CT molecular complexity index is 585. The van der Waals surface area contributed by atoms with Crippen LogP contribution in [0.5, 0.6) is 0 Å². The van der Waals surface area contributed by atoms with Crippen LogP contribution in [0.15, 0.2) is 24.3 Å². The topological polar surface area (TPSA) is 64.6 Å². The summed E-state index contributed by atoms with van der Waals surface area (Å²) in [5, 5.41) is 2.70. The summed E-state index contributed by atoms with van der Waals surface area (Å²) >= 11 is 0. The molecule has 0 fully saturated rings. The van der Waals surface area contributed by atoms with Gasteiger partial charge in [0.15, 0.2) is 0 Å². The van der Waals surface area contributed by atoms with Gasteiger partial charge in [0, 0.05) is 6.54 Å². The lowest BCUT2D eigenvalue weighted by Crippen LogP contribution is -2.32. The van der Waals surface area contributed by atoms with Crippen molar-refractivity contribution < 1.29 is 19.1 Å². The lowest BCUT2D eigenvalue weighted by molar-refractivity contribution is 0.0527. The van der Waals surface area contributed by atoms with Gasteiger partial charge in [0.05, 0.1) is 12.7 Å². The van der Waals surface area contributed by atoms with Crippen LogP contribution in [0.2, 0.25) is 0 Å². The van der Waals surface area contributed by atoms with Crippen LogP contribution >= 0.6 is 0 Å². The van der Waals surface area contributed by atoms with E-state index >= 15 is 0 Å². The van der Waals surface area contributed by atoms with Gasteiger partial charge in [0.2, 0.25) is 0 Å². The van der Waals surface area contributed by atoms with Crippen molar-refractivity contribution in [1.29, 1.82) is 0 Å². The van der Waals surface area contributed by atoms with Gasteiger partial charge in [-0.1, -0.05) is 18.2 Å². The standard InChI is InChI=1S/C18H25NO4/c1-13-12-15(16(20)22-5)10-9-14(13)8-6-7-11-19-17(21)23-18(2,3)4/h6,8-10,12H,7,11H2,1-5H3,(H,19,21). The molecule has 0 saturated carbocycles. The summed E-state index contributed by atoms with van der Waals surface area (Å²) in [7, 11) is 1.36. The van der Waals surface area contributed by atoms with E-state index < -0.39 is 11.7 Å². The molecular formula is C18H25NO4. The number of hydrogen-bond acceptors (Lipinski definition) is 4. The highest BCUT2D eigenvalue weighted by molar-refractivity contribution is 5.89. The lowest BCUT2D eigenvalue weighted by atomic mass is 10.0. The molecule has 0 aliphatic carbocycles. The number of hydrogen-bond donors (Lipinski definition) is 1. The van der Waals surface area contributed by atoms with Crippen LogP contribution in [0.25, 0.3) is 6.08 Å². The third-order valence-corrected chi connectivity index (χ3v) is 2.97. The molecule has 0 aliphatic rings. The third-order valence-electron chi connectivity index (χ3n) is 2.97. The molecule has 23 heavy (non-hydrogen) atoms. The van der Waals surface area contributed by atoms with Gasteiger partial charge in [-0.25, -0.2) is 9.59 Å². The smallest absolute Gasteiger partial charge is 0.407 e. The number of methoxy groups -OCH3 is 1. The Morgan fingerprint density at radius 3 is 2.52 bits per heavy atom. The maximum Gasteiger partial charge on any atom is 0.407 e. The van der Waals surface area contributed by atoms with Crippen molar-refractivity contribution in [2.24, 2.45) is 0 Å². The van der Waals surface area contributed by atoms with E-state index in [0.717, 1.165) is 11.1 Å². The van der Waals surface area contributed by atoms with Crippen LogP contribution in [0.1, 0.15) is 48.7 Å². The molecule has 0 aromatic heterocycles. The number of aryl methyl sites for hydroxylation is 1. The van der Waals surface area contributed by atoms with E-state index in [2.05, 4.69) is 5.32 Å². The van der Waals surface area contributed by atoms with E-state index in [0.29, 0.717) is 18.5 Å². The first kappa shape index (κ1) is 18.7. The zero-order valence-electron chi connectivity index (χ0n) is 14.4. The number of nitrogens with one attached hydrogen (secondary N) is 1. The first-order valence-electron chi connectivity index (χ1n) is 7.55. The Morgan fingerprint density at radius 2 is 1.96 bits per heavy atom. The number of carbonyl (C=O) groups excluding carboxylic acids is 2. The number of amides is 1. The Morgan fingerprint density at radius 1 is 1.26 bits per heavy atom. The largest absolute Gasteiger partial charge is 0.465 e. The average Bonchev–Trinajstić information content (AvgIpc) is 2.45. The molecule has 1 aromatic carbocycles. The maximum atomic E-state index is 11.5. The molecule has 1 amide bonds. The second-order valence-corrected chi connectivity index (χ2v) is 6.18. The van der Waals surface area contributed by atoms with Gasteiger partial charge < -0.3 is 14.8 Å². The van der Waals surface area contributed by atoms with Crippen molar-refractivity contribution >= 4 is 18.1 Å². The van der Waals surface area contributed by atoms with E-state index in [-0.39, 0.29) is 5.97 Å². The number of alkyl carbamates (subject to hydrolysis) is 1. The molecule has 0 radical (unpaired) electrons. The molecule has 1 aromatic rings. The fraction of sp³-hybridized carbons (Fsp3) is 0.444. The SMILES string of the molecule is COC(=O)c1ccc(C=CCCNC(=O)OC(C)(C)C)c(C)c1. The molecular weight excluding hydrogens is 294 g/mol. The van der Waals surface area contributed by atoms with Crippen LogP contribution in [0.3, 0.4) is 0 Å². The highest BCUT2D eigenvalue weighted by Crippen LogP contribution is 2.14. The summed E-state index contributed by atoms with van der Waals surface area (Å²) in [5.74, 6) is -0.342. The minimum atomic E-state index is -0.488. The van der Waals surface area contributed by atoms with Crippen molar-refractivity contribution in [1.82, 2.24) is 5.32 Å². The number of ether oxygens (including phenoxy) is 2. The molecule has 0 bridgehead atoms. The average molecular weight is 319 g/mol. The number of carbonyl (C=O) groups is 2. The first-order valence-corrected chi connectivity index (χ1v) is 7.55. The predicted molar refractivity (Wildman–Crippen MR) is 90.4 cm³/mol. The molecule has 126 valence electrons. The number of benzene rings is 1. The van der Waals surface area contributed by atoms with E-state index in [4.69, 9.17) is 9.47 Å². The van der Waals surface area contributed by atoms with Gasteiger partial charge >= 0.3 is 12.1 Å². The highest BCUT2D eigenvalue weighted by Gasteiger charge is 2.15. The van der Waals surface area contributed by atoms with Gasteiger partial charge in [0.25, 0.3) is 0 Å². The molecule has 1 N–H and O–H groups in total. The molecule has 0 saturated heterocycles. The highest BCUT2D eigenvalue weighted by atomic mass is 16.6. The van der Waals surface area contributed by atoms with E-state index in [1.165, 1.54) is 7.11 Å². The summed E-state index contributed by atoms with van der Waals surface area (Å²) in [5.41, 5.74) is 2.06. The molecule has 0 atom stereocenters.